The van der Waals surface area contributed by atoms with Crippen LogP contribution in [0.15, 0.2) is 12.2 Å². The second-order valence-corrected chi connectivity index (χ2v) is 11.1. The van der Waals surface area contributed by atoms with Gasteiger partial charge in [-0.2, -0.15) is 0 Å². The maximum atomic E-state index is 13.6. The number of hydrogen-bond acceptors (Lipinski definition) is 9. The highest BCUT2D eigenvalue weighted by Gasteiger charge is 2.85. The summed E-state index contributed by atoms with van der Waals surface area (Å²) in [5.41, 5.74) is -3.10. The molecule has 182 valence electrons. The zero-order valence-electron chi connectivity index (χ0n) is 19.2. The first-order valence-corrected chi connectivity index (χ1v) is 11.6. The van der Waals surface area contributed by atoms with Gasteiger partial charge in [-0.15, -0.1) is 0 Å². The quantitative estimate of drug-likeness (QED) is 0.402. The normalized spacial score (nSPS) is 52.2. The average Bonchev–Trinajstić information content (AvgIpc) is 2.92. The van der Waals surface area contributed by atoms with E-state index >= 15 is 0 Å². The Labute approximate surface area is 192 Å². The summed E-state index contributed by atoms with van der Waals surface area (Å²) in [6.45, 7) is 8.14. The second-order valence-electron chi connectivity index (χ2n) is 11.1. The molecule has 10 unspecified atom stereocenters. The number of Topliss-reactive ketones (excluding diaryl/α,β-unsaturated/α-hetero) is 1. The topological polar surface area (TPSA) is 140 Å². The van der Waals surface area contributed by atoms with Gasteiger partial charge in [-0.1, -0.05) is 13.5 Å². The molecule has 6 rings (SSSR count). The van der Waals surface area contributed by atoms with Crippen molar-refractivity contribution in [3.63, 3.8) is 0 Å². The first kappa shape index (κ1) is 23.0. The van der Waals surface area contributed by atoms with Crippen LogP contribution in [0.5, 0.6) is 0 Å². The summed E-state index contributed by atoms with van der Waals surface area (Å²) in [4.78, 5) is 37.2. The number of hydrogen-bond donors (Lipinski definition) is 3. The smallest absolute Gasteiger partial charge is 0.302 e. The van der Waals surface area contributed by atoms with Gasteiger partial charge in [-0.3, -0.25) is 14.4 Å². The summed E-state index contributed by atoms with van der Waals surface area (Å²) in [7, 11) is 0. The van der Waals surface area contributed by atoms with Gasteiger partial charge in [-0.05, 0) is 37.2 Å². The molecule has 0 aromatic rings. The molecule has 2 saturated heterocycles. The Morgan fingerprint density at radius 1 is 1.21 bits per heavy atom. The lowest BCUT2D eigenvalue weighted by Crippen LogP contribution is -2.84. The van der Waals surface area contributed by atoms with E-state index in [1.807, 2.05) is 0 Å². The molecule has 0 aromatic heterocycles. The van der Waals surface area contributed by atoms with Crippen molar-refractivity contribution in [2.24, 2.45) is 34.0 Å². The number of rotatable bonds is 3. The standard InChI is InChI=1S/C24H32O9/c1-11-14-7-15(27)17-22-6-5-16(33-13(3)26)21(4,9-31-12(2)25)18(22)20(29)24(30,32-10-22)23(17,8-14)19(11)28/h14-18,20,27,29-30H,1,5-10H2,2-4H3. The van der Waals surface area contributed by atoms with Gasteiger partial charge in [0.2, 0.25) is 5.79 Å². The minimum Gasteiger partial charge on any atom is -0.465 e. The summed E-state index contributed by atoms with van der Waals surface area (Å²) in [6, 6.07) is 0. The lowest BCUT2D eigenvalue weighted by molar-refractivity contribution is -0.450. The Bertz CT molecular complexity index is 946. The van der Waals surface area contributed by atoms with Crippen LogP contribution in [-0.4, -0.2) is 70.4 Å². The number of ether oxygens (including phenoxy) is 3. The van der Waals surface area contributed by atoms with Gasteiger partial charge in [0.15, 0.2) is 5.78 Å². The summed E-state index contributed by atoms with van der Waals surface area (Å²) in [5.74, 6) is -5.33. The van der Waals surface area contributed by atoms with Gasteiger partial charge < -0.3 is 29.5 Å². The van der Waals surface area contributed by atoms with Crippen molar-refractivity contribution >= 4 is 17.7 Å². The van der Waals surface area contributed by atoms with Gasteiger partial charge in [0.1, 0.15) is 18.8 Å². The number of ketones is 1. The van der Waals surface area contributed by atoms with Crippen molar-refractivity contribution in [2.75, 3.05) is 13.2 Å². The van der Waals surface area contributed by atoms with Crippen LogP contribution in [0.3, 0.4) is 0 Å². The summed E-state index contributed by atoms with van der Waals surface area (Å²) in [6.07, 6.45) is -1.72. The van der Waals surface area contributed by atoms with E-state index in [4.69, 9.17) is 14.2 Å². The predicted molar refractivity (Wildman–Crippen MR) is 111 cm³/mol. The maximum absolute atomic E-state index is 13.6. The molecule has 0 amide bonds. The minimum atomic E-state index is -2.24. The summed E-state index contributed by atoms with van der Waals surface area (Å²) in [5, 5.41) is 35.0. The first-order valence-electron chi connectivity index (χ1n) is 11.6. The molecular weight excluding hydrogens is 432 g/mol. The molecule has 9 heteroatoms. The van der Waals surface area contributed by atoms with Crippen LogP contribution < -0.4 is 0 Å². The average molecular weight is 465 g/mol. The molecule has 6 fully saturated rings. The maximum Gasteiger partial charge on any atom is 0.302 e. The van der Waals surface area contributed by atoms with Gasteiger partial charge in [-0.25, -0.2) is 0 Å². The monoisotopic (exact) mass is 464 g/mol. The SMILES string of the molecule is C=C1C(=O)C23CC1CC(O)C2C12CCC(OC(C)=O)C(C)(COC(C)=O)C1C(O)C3(O)OC2. The number of esters is 2. The van der Waals surface area contributed by atoms with E-state index in [2.05, 4.69) is 6.58 Å². The van der Waals surface area contributed by atoms with Crippen LogP contribution in [0.2, 0.25) is 0 Å². The van der Waals surface area contributed by atoms with E-state index in [0.29, 0.717) is 24.8 Å². The largest absolute Gasteiger partial charge is 0.465 e. The highest BCUT2D eigenvalue weighted by atomic mass is 16.6. The predicted octanol–water partition coefficient (Wildman–Crippen LogP) is 0.490. The van der Waals surface area contributed by atoms with Gasteiger partial charge in [0.05, 0.1) is 18.1 Å². The number of aliphatic hydroxyl groups excluding tert-OH is 2. The Kier molecular flexibility index (Phi) is 4.78. The van der Waals surface area contributed by atoms with Crippen molar-refractivity contribution in [3.8, 4) is 0 Å². The lowest BCUT2D eigenvalue weighted by atomic mass is 9.35. The Balaban J connectivity index is 1.69. The molecule has 9 nitrogen and oxygen atoms in total. The Morgan fingerprint density at radius 2 is 1.91 bits per heavy atom. The van der Waals surface area contributed by atoms with E-state index < -0.39 is 64.1 Å². The molecule has 2 aliphatic heterocycles. The van der Waals surface area contributed by atoms with Crippen molar-refractivity contribution in [2.45, 2.75) is 70.6 Å². The minimum absolute atomic E-state index is 0.0293. The number of carbonyl (C=O) groups excluding carboxylic acids is 3. The molecule has 4 aliphatic carbocycles. The van der Waals surface area contributed by atoms with Gasteiger partial charge in [0, 0.05) is 36.5 Å². The van der Waals surface area contributed by atoms with Crippen molar-refractivity contribution in [1.82, 2.24) is 0 Å². The van der Waals surface area contributed by atoms with E-state index in [1.165, 1.54) is 13.8 Å². The fourth-order valence-electron chi connectivity index (χ4n) is 8.53. The van der Waals surface area contributed by atoms with E-state index in [9.17, 15) is 29.7 Å². The van der Waals surface area contributed by atoms with E-state index in [0.717, 1.165) is 0 Å². The highest BCUT2D eigenvalue weighted by Crippen LogP contribution is 2.76. The molecule has 0 radical (unpaired) electrons. The molecule has 4 bridgehead atoms. The fourth-order valence-corrected chi connectivity index (χ4v) is 8.53. The van der Waals surface area contributed by atoms with Crippen LogP contribution in [0.25, 0.3) is 0 Å². The fraction of sp³-hybridized carbons (Fsp3) is 0.792. The molecule has 10 atom stereocenters. The zero-order chi connectivity index (χ0) is 24.1. The summed E-state index contributed by atoms with van der Waals surface area (Å²) < 4.78 is 17.0. The van der Waals surface area contributed by atoms with Gasteiger partial charge >= 0.3 is 11.9 Å². The zero-order valence-corrected chi connectivity index (χ0v) is 19.2. The van der Waals surface area contributed by atoms with Crippen LogP contribution in [0.4, 0.5) is 0 Å². The number of allylic oxidation sites excluding steroid dienone is 1. The number of fused-ring (bicyclic) bond motifs is 2. The van der Waals surface area contributed by atoms with Crippen LogP contribution in [0, 0.1) is 34.0 Å². The molecule has 6 aliphatic rings. The highest BCUT2D eigenvalue weighted by molar-refractivity contribution is 6.04. The van der Waals surface area contributed by atoms with Gasteiger partial charge in [0.25, 0.3) is 0 Å². The Hall–Kier alpha value is -1.81. The van der Waals surface area contributed by atoms with Crippen LogP contribution in [-0.2, 0) is 28.6 Å². The van der Waals surface area contributed by atoms with Crippen molar-refractivity contribution < 1.29 is 43.9 Å². The molecule has 2 spiro atoms. The summed E-state index contributed by atoms with van der Waals surface area (Å²) >= 11 is 0. The van der Waals surface area contributed by atoms with Crippen LogP contribution in [0.1, 0.15) is 46.5 Å². The van der Waals surface area contributed by atoms with Crippen LogP contribution >= 0.6 is 0 Å². The molecule has 3 N–H and O–H groups in total. The Morgan fingerprint density at radius 3 is 2.55 bits per heavy atom. The third-order valence-electron chi connectivity index (χ3n) is 9.57. The number of aliphatic hydroxyl groups is 3. The molecule has 33 heavy (non-hydrogen) atoms. The van der Waals surface area contributed by atoms with Crippen molar-refractivity contribution in [1.29, 1.82) is 0 Å². The second kappa shape index (κ2) is 6.87. The van der Waals surface area contributed by atoms with Crippen molar-refractivity contribution in [3.05, 3.63) is 12.2 Å². The first-order chi connectivity index (χ1) is 15.3. The molecule has 2 heterocycles. The third kappa shape index (κ3) is 2.54. The molecular formula is C24H32O9. The van der Waals surface area contributed by atoms with E-state index in [1.54, 1.807) is 6.92 Å². The molecule has 0 aromatic carbocycles. The number of carbonyl (C=O) groups is 3. The lowest BCUT2D eigenvalue weighted by Gasteiger charge is -2.74. The third-order valence-corrected chi connectivity index (χ3v) is 9.57. The molecule has 4 saturated carbocycles. The van der Waals surface area contributed by atoms with E-state index in [-0.39, 0.29) is 31.3 Å².